The summed E-state index contributed by atoms with van der Waals surface area (Å²) < 4.78 is 0. The summed E-state index contributed by atoms with van der Waals surface area (Å²) in [4.78, 5) is 8.66. The van der Waals surface area contributed by atoms with Gasteiger partial charge in [0.05, 0.1) is 11.4 Å². The zero-order valence-electron chi connectivity index (χ0n) is 15.1. The summed E-state index contributed by atoms with van der Waals surface area (Å²) in [6.45, 7) is 4.18. The van der Waals surface area contributed by atoms with Crippen LogP contribution in [0.3, 0.4) is 0 Å². The summed E-state index contributed by atoms with van der Waals surface area (Å²) in [6, 6.07) is 28.5. The van der Waals surface area contributed by atoms with Gasteiger partial charge >= 0.3 is 0 Å². The van der Waals surface area contributed by atoms with Crippen LogP contribution in [0, 0.1) is 13.8 Å². The fourth-order valence-electron chi connectivity index (χ4n) is 2.77. The second-order valence-electron chi connectivity index (χ2n) is 6.06. The van der Waals surface area contributed by atoms with E-state index in [1.807, 2.05) is 67.0 Å². The fourth-order valence-corrected chi connectivity index (χ4v) is 2.77. The first-order chi connectivity index (χ1) is 12.8. The molecule has 0 aliphatic heterocycles. The van der Waals surface area contributed by atoms with Gasteiger partial charge in [-0.2, -0.15) is 0 Å². The first-order valence-corrected chi connectivity index (χ1v) is 8.70. The van der Waals surface area contributed by atoms with Crippen molar-refractivity contribution in [3.8, 4) is 22.5 Å². The summed E-state index contributed by atoms with van der Waals surface area (Å²) >= 11 is 0. The number of rotatable bonds is 2. The molecule has 2 heteroatoms. The lowest BCUT2D eigenvalue weighted by Crippen LogP contribution is -1.85. The highest BCUT2D eigenvalue weighted by Gasteiger charge is 2.00. The molecule has 0 amide bonds. The Kier molecular flexibility index (Phi) is 5.89. The summed E-state index contributed by atoms with van der Waals surface area (Å²) in [6.07, 6.45) is 3.65. The molecule has 0 unspecified atom stereocenters. The highest BCUT2D eigenvalue weighted by molar-refractivity contribution is 5.63. The molecule has 128 valence electrons. The lowest BCUT2D eigenvalue weighted by molar-refractivity contribution is 1.27. The Bertz CT molecular complexity index is 867. The molecule has 0 bridgehead atoms. The molecular weight excluding hydrogens is 316 g/mol. The van der Waals surface area contributed by atoms with Crippen molar-refractivity contribution in [2.75, 3.05) is 0 Å². The van der Waals surface area contributed by atoms with E-state index in [0.29, 0.717) is 0 Å². The molecule has 0 aliphatic carbocycles. The minimum Gasteiger partial charge on any atom is -0.256 e. The van der Waals surface area contributed by atoms with Gasteiger partial charge in [0, 0.05) is 23.5 Å². The van der Waals surface area contributed by atoms with Crippen LogP contribution >= 0.6 is 0 Å². The van der Waals surface area contributed by atoms with Crippen molar-refractivity contribution in [2.45, 2.75) is 13.8 Å². The Morgan fingerprint density at radius 3 is 1.88 bits per heavy atom. The molecule has 2 aromatic heterocycles. The Balaban J connectivity index is 0.000000151. The number of hydrogen-bond acceptors (Lipinski definition) is 2. The molecule has 0 aliphatic rings. The highest BCUT2D eigenvalue weighted by atomic mass is 14.7. The molecule has 0 fully saturated rings. The van der Waals surface area contributed by atoms with E-state index in [9.17, 15) is 0 Å². The van der Waals surface area contributed by atoms with E-state index in [1.54, 1.807) is 0 Å². The van der Waals surface area contributed by atoms with Crippen molar-refractivity contribution in [1.82, 2.24) is 9.97 Å². The Labute approximate surface area is 155 Å². The smallest absolute Gasteiger partial charge is 0.0731 e. The van der Waals surface area contributed by atoms with Crippen molar-refractivity contribution in [2.24, 2.45) is 0 Å². The maximum absolute atomic E-state index is 4.35. The number of aryl methyl sites for hydroxylation is 2. The van der Waals surface area contributed by atoms with Crippen LogP contribution in [-0.4, -0.2) is 9.97 Å². The second kappa shape index (κ2) is 8.72. The number of hydrogen-bond donors (Lipinski definition) is 0. The largest absolute Gasteiger partial charge is 0.256 e. The van der Waals surface area contributed by atoms with Crippen molar-refractivity contribution >= 4 is 0 Å². The quantitative estimate of drug-likeness (QED) is 0.440. The van der Waals surface area contributed by atoms with Crippen LogP contribution in [0.5, 0.6) is 0 Å². The standard InChI is InChI=1S/2C12H11N/c1-10-6-2-3-7-11(10)12-8-4-5-9-13-12;1-10-6-5-9-13-12(10)11-7-3-2-4-8-11/h2*2-9H,1H3. The van der Waals surface area contributed by atoms with E-state index in [0.717, 1.165) is 11.4 Å². The van der Waals surface area contributed by atoms with Crippen LogP contribution in [0.2, 0.25) is 0 Å². The molecule has 0 spiro atoms. The maximum Gasteiger partial charge on any atom is 0.0731 e. The zero-order valence-corrected chi connectivity index (χ0v) is 15.1. The average molecular weight is 338 g/mol. The number of nitrogens with zero attached hydrogens (tertiary/aromatic N) is 2. The predicted octanol–water partition coefficient (Wildman–Crippen LogP) is 6.11. The minimum absolute atomic E-state index is 1.04. The SMILES string of the molecule is Cc1ccccc1-c1ccccn1.Cc1cccnc1-c1ccccc1. The number of aromatic nitrogens is 2. The van der Waals surface area contributed by atoms with Crippen LogP contribution in [0.1, 0.15) is 11.1 Å². The third kappa shape index (κ3) is 4.42. The number of benzene rings is 2. The monoisotopic (exact) mass is 338 g/mol. The molecule has 4 rings (SSSR count). The lowest BCUT2D eigenvalue weighted by Gasteiger charge is -2.03. The van der Waals surface area contributed by atoms with Crippen molar-refractivity contribution in [3.05, 3.63) is 108 Å². The van der Waals surface area contributed by atoms with E-state index in [-0.39, 0.29) is 0 Å². The summed E-state index contributed by atoms with van der Waals surface area (Å²) in [7, 11) is 0. The van der Waals surface area contributed by atoms with Crippen LogP contribution in [0.25, 0.3) is 22.5 Å². The third-order valence-corrected chi connectivity index (χ3v) is 4.14. The van der Waals surface area contributed by atoms with Gasteiger partial charge in [-0.15, -0.1) is 0 Å². The van der Waals surface area contributed by atoms with Crippen LogP contribution in [0.15, 0.2) is 97.3 Å². The average Bonchev–Trinajstić information content (AvgIpc) is 2.71. The molecule has 0 radical (unpaired) electrons. The second-order valence-corrected chi connectivity index (χ2v) is 6.06. The lowest BCUT2D eigenvalue weighted by atomic mass is 10.1. The molecule has 26 heavy (non-hydrogen) atoms. The van der Waals surface area contributed by atoms with E-state index >= 15 is 0 Å². The molecule has 2 aromatic carbocycles. The Morgan fingerprint density at radius 1 is 0.538 bits per heavy atom. The first-order valence-electron chi connectivity index (χ1n) is 8.70. The molecule has 2 nitrogen and oxygen atoms in total. The molecule has 0 N–H and O–H groups in total. The predicted molar refractivity (Wildman–Crippen MR) is 109 cm³/mol. The van der Waals surface area contributed by atoms with Gasteiger partial charge in [-0.3, -0.25) is 9.97 Å². The van der Waals surface area contributed by atoms with Gasteiger partial charge in [0.15, 0.2) is 0 Å². The van der Waals surface area contributed by atoms with Gasteiger partial charge in [-0.1, -0.05) is 66.7 Å². The maximum atomic E-state index is 4.35. The first kappa shape index (κ1) is 17.6. The van der Waals surface area contributed by atoms with Gasteiger partial charge in [0.25, 0.3) is 0 Å². The van der Waals surface area contributed by atoms with E-state index in [4.69, 9.17) is 0 Å². The summed E-state index contributed by atoms with van der Waals surface area (Å²) in [5, 5.41) is 0. The van der Waals surface area contributed by atoms with E-state index in [2.05, 4.69) is 54.1 Å². The normalized spacial score (nSPS) is 9.92. The van der Waals surface area contributed by atoms with Crippen molar-refractivity contribution in [1.29, 1.82) is 0 Å². The molecule has 0 saturated carbocycles. The van der Waals surface area contributed by atoms with E-state index < -0.39 is 0 Å². The van der Waals surface area contributed by atoms with Crippen molar-refractivity contribution < 1.29 is 0 Å². The van der Waals surface area contributed by atoms with Gasteiger partial charge in [0.1, 0.15) is 0 Å². The highest BCUT2D eigenvalue weighted by Crippen LogP contribution is 2.20. The van der Waals surface area contributed by atoms with Crippen LogP contribution in [0.4, 0.5) is 0 Å². The molecule has 2 heterocycles. The molecule has 0 saturated heterocycles. The Morgan fingerprint density at radius 2 is 1.19 bits per heavy atom. The van der Waals surface area contributed by atoms with Crippen LogP contribution < -0.4 is 0 Å². The molecule has 4 aromatic rings. The number of pyridine rings is 2. The Hall–Kier alpha value is -3.26. The van der Waals surface area contributed by atoms with Gasteiger partial charge in [-0.05, 0) is 43.2 Å². The van der Waals surface area contributed by atoms with Crippen LogP contribution in [-0.2, 0) is 0 Å². The van der Waals surface area contributed by atoms with Gasteiger partial charge < -0.3 is 0 Å². The third-order valence-electron chi connectivity index (χ3n) is 4.14. The van der Waals surface area contributed by atoms with Gasteiger partial charge in [0.2, 0.25) is 0 Å². The molecule has 0 atom stereocenters. The van der Waals surface area contributed by atoms with E-state index in [1.165, 1.54) is 22.3 Å². The molecular formula is C24H22N2. The topological polar surface area (TPSA) is 25.8 Å². The summed E-state index contributed by atoms with van der Waals surface area (Å²) in [5.41, 5.74) is 6.99. The van der Waals surface area contributed by atoms with Gasteiger partial charge in [-0.25, -0.2) is 0 Å². The fraction of sp³-hybridized carbons (Fsp3) is 0.0833. The zero-order chi connectivity index (χ0) is 18.2. The van der Waals surface area contributed by atoms with Crippen molar-refractivity contribution in [3.63, 3.8) is 0 Å². The minimum atomic E-state index is 1.04. The summed E-state index contributed by atoms with van der Waals surface area (Å²) in [5.74, 6) is 0.